The van der Waals surface area contributed by atoms with Crippen LogP contribution in [0.5, 0.6) is 0 Å². The van der Waals surface area contributed by atoms with Gasteiger partial charge in [-0.15, -0.1) is 0 Å². The molecule has 4 rings (SSSR count). The molecule has 0 aliphatic carbocycles. The molecule has 0 aromatic carbocycles. The van der Waals surface area contributed by atoms with Gasteiger partial charge in [0.25, 0.3) is 0 Å². The molecule has 1 aliphatic rings. The summed E-state index contributed by atoms with van der Waals surface area (Å²) < 4.78 is 6.80. The van der Waals surface area contributed by atoms with Gasteiger partial charge in [0.05, 0.1) is 17.9 Å². The Morgan fingerprint density at radius 3 is 2.61 bits per heavy atom. The minimum absolute atomic E-state index is 0.589. The van der Waals surface area contributed by atoms with Gasteiger partial charge in [0, 0.05) is 57.2 Å². The normalized spacial score (nSPS) is 15.5. The Hall–Kier alpha value is -3.20. The lowest BCUT2D eigenvalue weighted by molar-refractivity contribution is 0.169. The van der Waals surface area contributed by atoms with Crippen molar-refractivity contribution in [3.05, 3.63) is 59.4 Å². The molecule has 1 N–H and O–H groups in total. The van der Waals surface area contributed by atoms with Gasteiger partial charge in [-0.05, 0) is 38.5 Å². The molecule has 9 nitrogen and oxygen atoms in total. The second-order valence-corrected chi connectivity index (χ2v) is 7.79. The zero-order valence-electron chi connectivity index (χ0n) is 18.5. The molecule has 1 saturated heterocycles. The van der Waals surface area contributed by atoms with Crippen LogP contribution in [-0.2, 0) is 13.1 Å². The summed E-state index contributed by atoms with van der Waals surface area (Å²) in [4.78, 5) is 14.1. The van der Waals surface area contributed by atoms with Crippen LogP contribution in [0, 0.1) is 13.8 Å². The van der Waals surface area contributed by atoms with Gasteiger partial charge >= 0.3 is 0 Å². The number of nitrogens with one attached hydrogen (secondary N) is 1. The minimum atomic E-state index is 0.589. The molecular formula is C22H30N8O. The van der Waals surface area contributed by atoms with Crippen LogP contribution in [0.4, 0.5) is 0 Å². The highest BCUT2D eigenvalue weighted by molar-refractivity contribution is 5.80. The zero-order valence-corrected chi connectivity index (χ0v) is 18.5. The number of piperazine rings is 1. The van der Waals surface area contributed by atoms with Gasteiger partial charge in [0.2, 0.25) is 0 Å². The van der Waals surface area contributed by atoms with Crippen LogP contribution in [0.1, 0.15) is 29.6 Å². The molecule has 0 amide bonds. The van der Waals surface area contributed by atoms with E-state index in [0.717, 1.165) is 73.7 Å². The number of hydrogen-bond acceptors (Lipinski definition) is 6. The van der Waals surface area contributed by atoms with Crippen molar-refractivity contribution in [2.24, 2.45) is 4.99 Å². The monoisotopic (exact) mass is 422 g/mol. The largest absolute Gasteiger partial charge is 0.364 e. The summed E-state index contributed by atoms with van der Waals surface area (Å²) in [5, 5.41) is 11.9. The van der Waals surface area contributed by atoms with Gasteiger partial charge in [-0.1, -0.05) is 11.2 Å². The van der Waals surface area contributed by atoms with E-state index in [-0.39, 0.29) is 0 Å². The quantitative estimate of drug-likeness (QED) is 0.481. The Morgan fingerprint density at radius 2 is 2.00 bits per heavy atom. The molecule has 1 fully saturated rings. The van der Waals surface area contributed by atoms with Crippen molar-refractivity contribution in [2.75, 3.05) is 32.7 Å². The minimum Gasteiger partial charge on any atom is -0.364 e. The highest BCUT2D eigenvalue weighted by atomic mass is 16.5. The fraction of sp³-hybridized carbons (Fsp3) is 0.455. The standard InChI is InChI=1S/C22H30N8O/c1-4-23-22(29-10-8-28(9-11-29)16-20-7-12-31-27-20)25-15-19-5-6-21(24-14-19)30-18(3)13-17(2)26-30/h5-7,12-14H,4,8-11,15-16H2,1-3H3,(H,23,25). The number of aliphatic imine (C=N–C) groups is 1. The Balaban J connectivity index is 1.36. The average molecular weight is 423 g/mol. The van der Waals surface area contributed by atoms with Crippen LogP contribution in [0.25, 0.3) is 5.82 Å². The highest BCUT2D eigenvalue weighted by Crippen LogP contribution is 2.12. The van der Waals surface area contributed by atoms with Crippen LogP contribution in [0.3, 0.4) is 0 Å². The SMILES string of the molecule is CCNC(=NCc1ccc(-n2nc(C)cc2C)nc1)N1CCN(Cc2ccon2)CC1. The summed E-state index contributed by atoms with van der Waals surface area (Å²) in [6, 6.07) is 8.04. The Labute approximate surface area is 182 Å². The van der Waals surface area contributed by atoms with E-state index in [9.17, 15) is 0 Å². The van der Waals surface area contributed by atoms with Crippen molar-refractivity contribution in [3.8, 4) is 5.82 Å². The summed E-state index contributed by atoms with van der Waals surface area (Å²) >= 11 is 0. The molecule has 0 bridgehead atoms. The Bertz CT molecular complexity index is 985. The van der Waals surface area contributed by atoms with E-state index in [0.29, 0.717) is 6.54 Å². The van der Waals surface area contributed by atoms with Gasteiger partial charge < -0.3 is 14.7 Å². The third-order valence-corrected chi connectivity index (χ3v) is 5.33. The first kappa shape index (κ1) is 21.0. The molecule has 0 unspecified atom stereocenters. The molecule has 31 heavy (non-hydrogen) atoms. The number of rotatable bonds is 6. The molecule has 0 atom stereocenters. The van der Waals surface area contributed by atoms with Crippen LogP contribution < -0.4 is 5.32 Å². The second-order valence-electron chi connectivity index (χ2n) is 7.79. The van der Waals surface area contributed by atoms with E-state index in [1.165, 1.54) is 0 Å². The zero-order chi connectivity index (χ0) is 21.6. The maximum Gasteiger partial charge on any atom is 0.194 e. The van der Waals surface area contributed by atoms with E-state index in [2.05, 4.69) is 43.3 Å². The molecule has 164 valence electrons. The van der Waals surface area contributed by atoms with E-state index in [4.69, 9.17) is 9.52 Å². The van der Waals surface area contributed by atoms with Crippen molar-refractivity contribution in [2.45, 2.75) is 33.9 Å². The first-order valence-electron chi connectivity index (χ1n) is 10.8. The molecule has 3 aromatic rings. The van der Waals surface area contributed by atoms with Gasteiger partial charge in [-0.25, -0.2) is 14.7 Å². The molecule has 0 saturated carbocycles. The summed E-state index contributed by atoms with van der Waals surface area (Å²) in [6.45, 7) is 12.2. The predicted molar refractivity (Wildman–Crippen MR) is 119 cm³/mol. The molecule has 0 spiro atoms. The lowest BCUT2D eigenvalue weighted by Gasteiger charge is -2.36. The number of nitrogens with zero attached hydrogens (tertiary/aromatic N) is 7. The average Bonchev–Trinajstić information content (AvgIpc) is 3.41. The molecular weight excluding hydrogens is 392 g/mol. The predicted octanol–water partition coefficient (Wildman–Crippen LogP) is 2.16. The third-order valence-electron chi connectivity index (χ3n) is 5.33. The summed E-state index contributed by atoms with van der Waals surface area (Å²) in [6.07, 6.45) is 3.51. The molecule has 4 heterocycles. The Kier molecular flexibility index (Phi) is 6.61. The number of aryl methyl sites for hydroxylation is 2. The lowest BCUT2D eigenvalue weighted by Crippen LogP contribution is -2.52. The fourth-order valence-electron chi connectivity index (χ4n) is 3.75. The van der Waals surface area contributed by atoms with Gasteiger partial charge in [-0.2, -0.15) is 5.10 Å². The molecule has 3 aromatic heterocycles. The van der Waals surface area contributed by atoms with Crippen molar-refractivity contribution < 1.29 is 4.52 Å². The van der Waals surface area contributed by atoms with Crippen molar-refractivity contribution >= 4 is 5.96 Å². The van der Waals surface area contributed by atoms with E-state index in [1.54, 1.807) is 6.26 Å². The van der Waals surface area contributed by atoms with Gasteiger partial charge in [-0.3, -0.25) is 4.90 Å². The number of pyridine rings is 1. The summed E-state index contributed by atoms with van der Waals surface area (Å²) in [5.41, 5.74) is 4.12. The second kappa shape index (κ2) is 9.74. The van der Waals surface area contributed by atoms with Crippen molar-refractivity contribution in [1.82, 2.24) is 35.0 Å². The number of guanidine groups is 1. The van der Waals surface area contributed by atoms with E-state index in [1.807, 2.05) is 42.9 Å². The molecule has 1 aliphatic heterocycles. The smallest absolute Gasteiger partial charge is 0.194 e. The van der Waals surface area contributed by atoms with Gasteiger partial charge in [0.1, 0.15) is 6.26 Å². The maximum atomic E-state index is 4.93. The van der Waals surface area contributed by atoms with Crippen molar-refractivity contribution in [1.29, 1.82) is 0 Å². The summed E-state index contributed by atoms with van der Waals surface area (Å²) in [7, 11) is 0. The topological polar surface area (TPSA) is 87.6 Å². The first-order chi connectivity index (χ1) is 15.1. The van der Waals surface area contributed by atoms with Gasteiger partial charge in [0.15, 0.2) is 11.8 Å². The number of hydrogen-bond donors (Lipinski definition) is 1. The number of aromatic nitrogens is 4. The van der Waals surface area contributed by atoms with Crippen LogP contribution in [-0.4, -0.2) is 68.4 Å². The van der Waals surface area contributed by atoms with Crippen LogP contribution in [0.2, 0.25) is 0 Å². The fourth-order valence-corrected chi connectivity index (χ4v) is 3.75. The van der Waals surface area contributed by atoms with E-state index >= 15 is 0 Å². The Morgan fingerprint density at radius 1 is 1.16 bits per heavy atom. The first-order valence-corrected chi connectivity index (χ1v) is 10.8. The van der Waals surface area contributed by atoms with Crippen LogP contribution in [0.15, 0.2) is 46.2 Å². The van der Waals surface area contributed by atoms with Crippen molar-refractivity contribution in [3.63, 3.8) is 0 Å². The lowest BCUT2D eigenvalue weighted by atomic mass is 10.3. The highest BCUT2D eigenvalue weighted by Gasteiger charge is 2.20. The van der Waals surface area contributed by atoms with E-state index < -0.39 is 0 Å². The third kappa shape index (κ3) is 5.29. The molecule has 9 heteroatoms. The summed E-state index contributed by atoms with van der Waals surface area (Å²) in [5.74, 6) is 1.78. The maximum absolute atomic E-state index is 4.93. The molecule has 0 radical (unpaired) electrons. The van der Waals surface area contributed by atoms with Crippen LogP contribution >= 0.6 is 0 Å².